The first kappa shape index (κ1) is 22.1. The average Bonchev–Trinajstić information content (AvgIpc) is 3.53. The highest BCUT2D eigenvalue weighted by Crippen LogP contribution is 2.33. The number of nitrogens with one attached hydrogen (secondary N) is 2. The molecule has 1 aliphatic heterocycles. The van der Waals surface area contributed by atoms with Crippen LogP contribution in [0.4, 0.5) is 5.82 Å². The van der Waals surface area contributed by atoms with Crippen LogP contribution < -0.4 is 10.6 Å². The molecule has 0 radical (unpaired) electrons. The van der Waals surface area contributed by atoms with Crippen LogP contribution in [0.25, 0.3) is 22.7 Å². The van der Waals surface area contributed by atoms with Crippen molar-refractivity contribution in [2.45, 2.75) is 64.5 Å². The zero-order valence-corrected chi connectivity index (χ0v) is 18.5. The van der Waals surface area contributed by atoms with E-state index in [0.29, 0.717) is 35.0 Å². The molecule has 172 valence electrons. The average molecular weight is 444 g/mol. The highest BCUT2D eigenvalue weighted by Gasteiger charge is 2.39. The van der Waals surface area contributed by atoms with Gasteiger partial charge in [-0.3, -0.25) is 14.0 Å². The van der Waals surface area contributed by atoms with Crippen molar-refractivity contribution >= 4 is 22.9 Å². The number of hydrogen-bond acceptors (Lipinski definition) is 9. The number of aromatic nitrogens is 7. The molecule has 0 bridgehead atoms. The van der Waals surface area contributed by atoms with E-state index in [-0.39, 0.29) is 12.3 Å². The Morgan fingerprint density at radius 1 is 1.31 bits per heavy atom. The minimum atomic E-state index is -0.880. The Morgan fingerprint density at radius 2 is 2.16 bits per heavy atom. The lowest BCUT2D eigenvalue weighted by Crippen LogP contribution is -2.31. The van der Waals surface area contributed by atoms with Gasteiger partial charge in [0, 0.05) is 26.6 Å². The maximum absolute atomic E-state index is 12.0. The van der Waals surface area contributed by atoms with Gasteiger partial charge in [-0.1, -0.05) is 25.5 Å². The van der Waals surface area contributed by atoms with Gasteiger partial charge in [0.25, 0.3) is 0 Å². The zero-order valence-electron chi connectivity index (χ0n) is 18.5. The number of unbranched alkanes of at least 4 members (excludes halogenated alkanes) is 1. The number of fused-ring (bicyclic) bond motifs is 1. The highest BCUT2D eigenvalue weighted by atomic mass is 16.5. The van der Waals surface area contributed by atoms with Crippen LogP contribution in [-0.2, 0) is 16.1 Å². The van der Waals surface area contributed by atoms with E-state index in [1.807, 2.05) is 6.20 Å². The summed E-state index contributed by atoms with van der Waals surface area (Å²) in [6.45, 7) is 5.66. The molecule has 3 N–H and O–H groups in total. The number of rotatable bonds is 9. The van der Waals surface area contributed by atoms with Crippen molar-refractivity contribution in [3.63, 3.8) is 0 Å². The second-order valence-corrected chi connectivity index (χ2v) is 7.80. The molecule has 12 nitrogen and oxygen atoms in total. The number of ether oxygens (including phenoxy) is 1. The summed E-state index contributed by atoms with van der Waals surface area (Å²) in [5.41, 5.74) is 1.59. The van der Waals surface area contributed by atoms with Crippen LogP contribution in [0, 0.1) is 0 Å². The molecule has 0 aliphatic carbocycles. The van der Waals surface area contributed by atoms with Crippen molar-refractivity contribution in [3.05, 3.63) is 12.5 Å². The lowest BCUT2D eigenvalue weighted by Gasteiger charge is -2.17. The van der Waals surface area contributed by atoms with Crippen molar-refractivity contribution in [2.75, 3.05) is 18.9 Å². The molecule has 4 heterocycles. The van der Waals surface area contributed by atoms with E-state index in [1.54, 1.807) is 15.6 Å². The summed E-state index contributed by atoms with van der Waals surface area (Å²) in [6, 6.07) is 0. The summed E-state index contributed by atoms with van der Waals surface area (Å²) >= 11 is 0. The molecule has 1 fully saturated rings. The van der Waals surface area contributed by atoms with Crippen molar-refractivity contribution < 1.29 is 14.6 Å². The lowest BCUT2D eigenvalue weighted by molar-refractivity contribution is -0.134. The Bertz CT molecular complexity index is 1080. The number of hydrogen-bond donors (Lipinski definition) is 3. The zero-order chi connectivity index (χ0) is 22.7. The number of carbonyl (C=O) groups is 1. The molecule has 3 aromatic heterocycles. The second-order valence-electron chi connectivity index (χ2n) is 7.80. The molecule has 0 aromatic carbocycles. The summed E-state index contributed by atoms with van der Waals surface area (Å²) in [4.78, 5) is 25.8. The molecule has 1 amide bonds. The fourth-order valence-electron chi connectivity index (χ4n) is 3.65. The van der Waals surface area contributed by atoms with Crippen molar-refractivity contribution in [2.24, 2.45) is 0 Å². The molecule has 3 atom stereocenters. The number of aliphatic hydroxyl groups excluding tert-OH is 1. The van der Waals surface area contributed by atoms with Crippen LogP contribution in [0.2, 0.25) is 0 Å². The summed E-state index contributed by atoms with van der Waals surface area (Å²) in [7, 11) is 1.54. The Morgan fingerprint density at radius 3 is 2.91 bits per heavy atom. The normalized spacial score (nSPS) is 20.7. The van der Waals surface area contributed by atoms with Gasteiger partial charge < -0.3 is 20.5 Å². The number of likely N-dealkylation sites (N-methyl/N-ethyl adjacent to an activating group) is 1. The predicted molar refractivity (Wildman–Crippen MR) is 117 cm³/mol. The van der Waals surface area contributed by atoms with Crippen LogP contribution in [0.15, 0.2) is 12.5 Å². The Labute approximate surface area is 185 Å². The molecular weight excluding hydrogens is 414 g/mol. The Kier molecular flexibility index (Phi) is 6.61. The van der Waals surface area contributed by atoms with Gasteiger partial charge in [-0.15, -0.1) is 5.10 Å². The fourth-order valence-corrected chi connectivity index (χ4v) is 3.65. The van der Waals surface area contributed by atoms with Gasteiger partial charge in [0.1, 0.15) is 17.9 Å². The van der Waals surface area contributed by atoms with Gasteiger partial charge in [0.2, 0.25) is 5.91 Å². The molecule has 1 unspecified atom stereocenters. The van der Waals surface area contributed by atoms with E-state index in [1.165, 1.54) is 7.05 Å². The Balaban J connectivity index is 1.73. The molecule has 0 saturated carbocycles. The van der Waals surface area contributed by atoms with Gasteiger partial charge in [-0.25, -0.2) is 15.0 Å². The summed E-state index contributed by atoms with van der Waals surface area (Å²) < 4.78 is 9.27. The standard InChI is InChI=1S/C20H29N9O3/c1-4-6-8-28-10-12(26-27-28)16-24-17(22-7-5-2)15-18(25-16)29(11-23-15)20-13(30)9-14(32-20)19(31)21-3/h10-11,13-14,20,30H,4-9H2,1-3H3,(H,21,31)(H,22,24,25)/t13-,14+,20?/m1/s1. The number of aliphatic hydroxyl groups is 1. The van der Waals surface area contributed by atoms with Gasteiger partial charge in [0.15, 0.2) is 29.0 Å². The van der Waals surface area contributed by atoms with Gasteiger partial charge in [-0.05, 0) is 12.8 Å². The number of nitrogens with zero attached hydrogens (tertiary/aromatic N) is 7. The fraction of sp³-hybridized carbons (Fsp3) is 0.600. The van der Waals surface area contributed by atoms with Crippen LogP contribution in [0.1, 0.15) is 45.8 Å². The number of anilines is 1. The minimum Gasteiger partial charge on any atom is -0.388 e. The van der Waals surface area contributed by atoms with Gasteiger partial charge >= 0.3 is 0 Å². The number of amides is 1. The first-order valence-electron chi connectivity index (χ1n) is 11.0. The molecule has 32 heavy (non-hydrogen) atoms. The smallest absolute Gasteiger partial charge is 0.249 e. The largest absolute Gasteiger partial charge is 0.388 e. The van der Waals surface area contributed by atoms with E-state index in [9.17, 15) is 9.90 Å². The minimum absolute atomic E-state index is 0.189. The van der Waals surface area contributed by atoms with Gasteiger partial charge in [-0.2, -0.15) is 0 Å². The van der Waals surface area contributed by atoms with Gasteiger partial charge in [0.05, 0.1) is 12.5 Å². The number of aryl methyl sites for hydroxylation is 1. The summed E-state index contributed by atoms with van der Waals surface area (Å²) in [5, 5.41) is 24.8. The van der Waals surface area contributed by atoms with E-state index in [0.717, 1.165) is 25.8 Å². The molecule has 0 spiro atoms. The van der Waals surface area contributed by atoms with E-state index in [4.69, 9.17) is 4.74 Å². The van der Waals surface area contributed by atoms with Crippen LogP contribution in [0.5, 0.6) is 0 Å². The van der Waals surface area contributed by atoms with Crippen LogP contribution in [0.3, 0.4) is 0 Å². The van der Waals surface area contributed by atoms with E-state index >= 15 is 0 Å². The first-order valence-corrected chi connectivity index (χ1v) is 11.0. The van der Waals surface area contributed by atoms with Crippen molar-refractivity contribution in [3.8, 4) is 11.5 Å². The molecule has 3 aromatic rings. The topological polar surface area (TPSA) is 145 Å². The maximum atomic E-state index is 12.0. The monoisotopic (exact) mass is 443 g/mol. The SMILES string of the molecule is CCCCn1cc(-c2nc(NCCC)c3ncn(C4O[C@H](C(=O)NC)C[C@H]4O)c3n2)nn1. The molecule has 12 heteroatoms. The Hall–Kier alpha value is -3.12. The number of carbonyl (C=O) groups excluding carboxylic acids is 1. The highest BCUT2D eigenvalue weighted by molar-refractivity contribution is 5.85. The third kappa shape index (κ3) is 4.28. The lowest BCUT2D eigenvalue weighted by atomic mass is 10.2. The van der Waals surface area contributed by atoms with E-state index < -0.39 is 18.4 Å². The van der Waals surface area contributed by atoms with Crippen LogP contribution >= 0.6 is 0 Å². The third-order valence-electron chi connectivity index (χ3n) is 5.37. The third-order valence-corrected chi connectivity index (χ3v) is 5.37. The summed E-state index contributed by atoms with van der Waals surface area (Å²) in [5.74, 6) is 0.695. The predicted octanol–water partition coefficient (Wildman–Crippen LogP) is 1.10. The van der Waals surface area contributed by atoms with E-state index in [2.05, 4.69) is 49.7 Å². The number of imidazole rings is 1. The summed E-state index contributed by atoms with van der Waals surface area (Å²) in [6.07, 6.45) is 4.13. The quantitative estimate of drug-likeness (QED) is 0.442. The molecule has 1 aliphatic rings. The molecular formula is C20H29N9O3. The van der Waals surface area contributed by atoms with Crippen LogP contribution in [-0.4, -0.2) is 71.3 Å². The maximum Gasteiger partial charge on any atom is 0.249 e. The molecule has 1 saturated heterocycles. The first-order chi connectivity index (χ1) is 15.5. The van der Waals surface area contributed by atoms with Crippen molar-refractivity contribution in [1.82, 2.24) is 39.8 Å². The van der Waals surface area contributed by atoms with Crippen molar-refractivity contribution in [1.29, 1.82) is 0 Å². The molecule has 4 rings (SSSR count). The second kappa shape index (κ2) is 9.57.